The summed E-state index contributed by atoms with van der Waals surface area (Å²) in [5, 5.41) is 2.75. The molecule has 0 aliphatic heterocycles. The first-order valence-corrected chi connectivity index (χ1v) is 8.18. The summed E-state index contributed by atoms with van der Waals surface area (Å²) in [4.78, 5) is 12.1. The third-order valence-corrected chi connectivity index (χ3v) is 4.91. The van der Waals surface area contributed by atoms with Crippen LogP contribution in [-0.2, 0) is 10.0 Å². The molecule has 0 saturated carbocycles. The van der Waals surface area contributed by atoms with Gasteiger partial charge >= 0.3 is 0 Å². The molecule has 6 heteroatoms. The van der Waals surface area contributed by atoms with Crippen LogP contribution >= 0.6 is 0 Å². The van der Waals surface area contributed by atoms with Gasteiger partial charge in [0, 0.05) is 24.7 Å². The van der Waals surface area contributed by atoms with Crippen LogP contribution in [0.1, 0.15) is 38.1 Å². The van der Waals surface area contributed by atoms with Crippen LogP contribution in [-0.4, -0.2) is 37.8 Å². The molecule has 112 valence electrons. The molecule has 0 aliphatic carbocycles. The Morgan fingerprint density at radius 1 is 1.25 bits per heavy atom. The van der Waals surface area contributed by atoms with Crippen molar-refractivity contribution in [2.45, 2.75) is 38.6 Å². The van der Waals surface area contributed by atoms with Gasteiger partial charge in [0.25, 0.3) is 5.91 Å². The minimum absolute atomic E-state index is 0.00513. The first-order chi connectivity index (χ1) is 9.32. The van der Waals surface area contributed by atoms with Crippen molar-refractivity contribution in [3.8, 4) is 0 Å². The van der Waals surface area contributed by atoms with E-state index >= 15 is 0 Å². The summed E-state index contributed by atoms with van der Waals surface area (Å²) >= 11 is 0. The number of carbonyl (C=O) groups excluding carboxylic acids is 1. The van der Waals surface area contributed by atoms with Crippen molar-refractivity contribution in [3.63, 3.8) is 0 Å². The zero-order chi connectivity index (χ0) is 15.3. The Bertz CT molecular complexity index is 564. The molecule has 0 aromatic heterocycles. The van der Waals surface area contributed by atoms with Crippen LogP contribution in [0.4, 0.5) is 0 Å². The maximum atomic E-state index is 12.4. The molecular weight excluding hydrogens is 276 g/mol. The van der Waals surface area contributed by atoms with Crippen LogP contribution < -0.4 is 5.32 Å². The normalized spacial score (nSPS) is 11.9. The topological polar surface area (TPSA) is 66.5 Å². The van der Waals surface area contributed by atoms with E-state index in [9.17, 15) is 13.2 Å². The summed E-state index contributed by atoms with van der Waals surface area (Å²) in [6, 6.07) is 6.14. The molecule has 0 bridgehead atoms. The van der Waals surface area contributed by atoms with Crippen molar-refractivity contribution < 1.29 is 13.2 Å². The first kappa shape index (κ1) is 16.7. The summed E-state index contributed by atoms with van der Waals surface area (Å²) in [7, 11) is -3.53. The third-order valence-electron chi connectivity index (χ3n) is 2.86. The van der Waals surface area contributed by atoms with E-state index in [4.69, 9.17) is 0 Å². The number of nitrogens with zero attached hydrogens (tertiary/aromatic N) is 1. The maximum Gasteiger partial charge on any atom is 0.251 e. The van der Waals surface area contributed by atoms with Gasteiger partial charge in [-0.1, -0.05) is 19.9 Å². The Morgan fingerprint density at radius 3 is 2.35 bits per heavy atom. The molecule has 0 spiro atoms. The maximum absolute atomic E-state index is 12.4. The summed E-state index contributed by atoms with van der Waals surface area (Å²) in [6.45, 7) is 8.10. The highest BCUT2D eigenvalue weighted by Gasteiger charge is 2.22. The number of sulfonamides is 1. The second-order valence-electron chi connectivity index (χ2n) is 4.75. The number of hydrogen-bond donors (Lipinski definition) is 1. The molecule has 0 aliphatic rings. The average Bonchev–Trinajstić information content (AvgIpc) is 2.39. The second kappa shape index (κ2) is 6.85. The van der Waals surface area contributed by atoms with Crippen LogP contribution in [0.15, 0.2) is 29.2 Å². The zero-order valence-corrected chi connectivity index (χ0v) is 13.2. The van der Waals surface area contributed by atoms with E-state index in [0.29, 0.717) is 18.7 Å². The van der Waals surface area contributed by atoms with Gasteiger partial charge in [0.2, 0.25) is 10.0 Å². The molecule has 0 fully saturated rings. The Labute approximate surface area is 121 Å². The van der Waals surface area contributed by atoms with Gasteiger partial charge in [-0.25, -0.2) is 8.42 Å². The Hall–Kier alpha value is -1.40. The predicted octanol–water partition coefficient (Wildman–Crippen LogP) is 1.86. The number of carbonyl (C=O) groups is 1. The second-order valence-corrected chi connectivity index (χ2v) is 6.68. The van der Waals surface area contributed by atoms with Gasteiger partial charge < -0.3 is 5.32 Å². The van der Waals surface area contributed by atoms with Gasteiger partial charge in [0.15, 0.2) is 0 Å². The number of rotatable bonds is 6. The molecule has 0 heterocycles. The number of benzene rings is 1. The smallest absolute Gasteiger partial charge is 0.251 e. The lowest BCUT2D eigenvalue weighted by molar-refractivity contribution is 0.0943. The Balaban J connectivity index is 3.13. The molecule has 0 saturated heterocycles. The summed E-state index contributed by atoms with van der Waals surface area (Å²) in [5.74, 6) is -0.267. The van der Waals surface area contributed by atoms with Crippen LogP contribution in [0.5, 0.6) is 0 Å². The van der Waals surface area contributed by atoms with Gasteiger partial charge in [0.1, 0.15) is 0 Å². The molecule has 20 heavy (non-hydrogen) atoms. The number of nitrogens with one attached hydrogen (secondary N) is 1. The Kier molecular flexibility index (Phi) is 5.71. The van der Waals surface area contributed by atoms with Crippen molar-refractivity contribution in [1.82, 2.24) is 9.62 Å². The number of amides is 1. The quantitative estimate of drug-likeness (QED) is 0.871. The van der Waals surface area contributed by atoms with Gasteiger partial charge in [0.05, 0.1) is 4.90 Å². The standard InChI is InChI=1S/C14H22N2O3S/c1-5-16(6-2)20(18,19)13-9-7-8-12(10-13)14(17)15-11(3)4/h7-11H,5-6H2,1-4H3,(H,15,17). The third kappa shape index (κ3) is 3.80. The minimum Gasteiger partial charge on any atom is -0.350 e. The highest BCUT2D eigenvalue weighted by molar-refractivity contribution is 7.89. The van der Waals surface area contributed by atoms with Crippen LogP contribution in [0.25, 0.3) is 0 Å². The molecule has 1 amide bonds. The fourth-order valence-corrected chi connectivity index (χ4v) is 3.36. The summed E-state index contributed by atoms with van der Waals surface area (Å²) < 4.78 is 26.1. The van der Waals surface area contributed by atoms with Crippen LogP contribution in [0, 0.1) is 0 Å². The van der Waals surface area contributed by atoms with Gasteiger partial charge in [-0.15, -0.1) is 0 Å². The molecular formula is C14H22N2O3S. The van der Waals surface area contributed by atoms with Crippen LogP contribution in [0.2, 0.25) is 0 Å². The molecule has 0 radical (unpaired) electrons. The molecule has 1 N–H and O–H groups in total. The van der Waals surface area contributed by atoms with Crippen molar-refractivity contribution in [2.24, 2.45) is 0 Å². The zero-order valence-electron chi connectivity index (χ0n) is 12.4. The first-order valence-electron chi connectivity index (χ1n) is 6.74. The number of hydrogen-bond acceptors (Lipinski definition) is 3. The lowest BCUT2D eigenvalue weighted by Gasteiger charge is -2.18. The van der Waals surface area contributed by atoms with E-state index in [2.05, 4.69) is 5.32 Å². The van der Waals surface area contributed by atoms with Crippen molar-refractivity contribution in [3.05, 3.63) is 29.8 Å². The fraction of sp³-hybridized carbons (Fsp3) is 0.500. The fourth-order valence-electron chi connectivity index (χ4n) is 1.86. The molecule has 0 unspecified atom stereocenters. The van der Waals surface area contributed by atoms with Crippen molar-refractivity contribution >= 4 is 15.9 Å². The average molecular weight is 298 g/mol. The SMILES string of the molecule is CCN(CC)S(=O)(=O)c1cccc(C(=O)NC(C)C)c1. The Morgan fingerprint density at radius 2 is 1.85 bits per heavy atom. The lowest BCUT2D eigenvalue weighted by atomic mass is 10.2. The van der Waals surface area contributed by atoms with E-state index < -0.39 is 10.0 Å². The largest absolute Gasteiger partial charge is 0.350 e. The van der Waals surface area contributed by atoms with Gasteiger partial charge in [-0.3, -0.25) is 4.79 Å². The van der Waals surface area contributed by atoms with Gasteiger partial charge in [-0.2, -0.15) is 4.31 Å². The monoisotopic (exact) mass is 298 g/mol. The van der Waals surface area contributed by atoms with Gasteiger partial charge in [-0.05, 0) is 32.0 Å². The van der Waals surface area contributed by atoms with Crippen molar-refractivity contribution in [2.75, 3.05) is 13.1 Å². The van der Waals surface area contributed by atoms with E-state index in [1.165, 1.54) is 16.4 Å². The molecule has 1 aromatic carbocycles. The molecule has 1 rings (SSSR count). The molecule has 1 aromatic rings. The lowest BCUT2D eigenvalue weighted by Crippen LogP contribution is -2.32. The predicted molar refractivity (Wildman–Crippen MR) is 79.2 cm³/mol. The van der Waals surface area contributed by atoms with Crippen molar-refractivity contribution in [1.29, 1.82) is 0 Å². The molecule has 5 nitrogen and oxygen atoms in total. The van der Waals surface area contributed by atoms with E-state index in [0.717, 1.165) is 0 Å². The molecule has 0 atom stereocenters. The highest BCUT2D eigenvalue weighted by Crippen LogP contribution is 2.17. The van der Waals surface area contributed by atoms with E-state index in [-0.39, 0.29) is 16.8 Å². The highest BCUT2D eigenvalue weighted by atomic mass is 32.2. The summed E-state index contributed by atoms with van der Waals surface area (Å²) in [5.41, 5.74) is 0.354. The van der Waals surface area contributed by atoms with Crippen LogP contribution in [0.3, 0.4) is 0 Å². The van der Waals surface area contributed by atoms with E-state index in [1.54, 1.807) is 26.0 Å². The minimum atomic E-state index is -3.53. The summed E-state index contributed by atoms with van der Waals surface area (Å²) in [6.07, 6.45) is 0. The van der Waals surface area contributed by atoms with E-state index in [1.807, 2.05) is 13.8 Å².